The lowest BCUT2D eigenvalue weighted by molar-refractivity contribution is -0.121. The summed E-state index contributed by atoms with van der Waals surface area (Å²) in [4.78, 5) is 18.3. The Bertz CT molecular complexity index is 962. The van der Waals surface area contributed by atoms with Crippen molar-refractivity contribution in [2.75, 3.05) is 34.3 Å². The first-order valence-electron chi connectivity index (χ1n) is 10.2. The summed E-state index contributed by atoms with van der Waals surface area (Å²) >= 11 is 0. The number of aromatic nitrogens is 1. The molecule has 0 radical (unpaired) electrons. The van der Waals surface area contributed by atoms with Gasteiger partial charge in [0.1, 0.15) is 5.75 Å². The molecule has 0 saturated heterocycles. The number of H-pyrrole nitrogens is 1. The molecular weight excluding hydrogens is 362 g/mol. The molecule has 0 spiro atoms. The molecular formula is C24H31N3O2. The van der Waals surface area contributed by atoms with Gasteiger partial charge in [0.05, 0.1) is 7.11 Å². The molecule has 0 aliphatic carbocycles. The smallest absolute Gasteiger partial charge is 0.220 e. The van der Waals surface area contributed by atoms with E-state index in [4.69, 9.17) is 4.74 Å². The predicted octanol–water partition coefficient (Wildman–Crippen LogP) is 3.94. The number of carbonyl (C=O) groups excluding carboxylic acids is 1. The van der Waals surface area contributed by atoms with Crippen LogP contribution in [0.25, 0.3) is 10.9 Å². The Labute approximate surface area is 173 Å². The topological polar surface area (TPSA) is 57.4 Å². The minimum absolute atomic E-state index is 0.0451. The summed E-state index contributed by atoms with van der Waals surface area (Å²) < 4.78 is 5.63. The number of fused-ring (bicyclic) bond motifs is 1. The van der Waals surface area contributed by atoms with E-state index >= 15 is 0 Å². The van der Waals surface area contributed by atoms with E-state index < -0.39 is 0 Å². The number of rotatable bonds is 9. The van der Waals surface area contributed by atoms with Gasteiger partial charge in [-0.2, -0.15) is 0 Å². The average Bonchev–Trinajstić information content (AvgIpc) is 3.15. The molecule has 0 aliphatic rings. The highest BCUT2D eigenvalue weighted by atomic mass is 16.5. The fraction of sp³-hybridized carbons (Fsp3) is 0.375. The van der Waals surface area contributed by atoms with Gasteiger partial charge in [0, 0.05) is 48.1 Å². The van der Waals surface area contributed by atoms with Crippen LogP contribution in [-0.4, -0.2) is 50.1 Å². The Morgan fingerprint density at radius 3 is 2.66 bits per heavy atom. The number of aryl methyl sites for hydroxylation is 1. The highest BCUT2D eigenvalue weighted by Crippen LogP contribution is 2.38. The van der Waals surface area contributed by atoms with Crippen molar-refractivity contribution in [3.63, 3.8) is 0 Å². The maximum Gasteiger partial charge on any atom is 0.220 e. The third-order valence-corrected chi connectivity index (χ3v) is 5.38. The second-order valence-electron chi connectivity index (χ2n) is 7.59. The molecule has 1 aromatic heterocycles. The van der Waals surface area contributed by atoms with Crippen LogP contribution >= 0.6 is 0 Å². The number of methoxy groups -OCH3 is 1. The molecule has 0 fully saturated rings. The van der Waals surface area contributed by atoms with Gasteiger partial charge in [-0.1, -0.05) is 43.3 Å². The van der Waals surface area contributed by atoms with Crippen molar-refractivity contribution in [3.8, 4) is 5.75 Å². The lowest BCUT2D eigenvalue weighted by Gasteiger charge is -2.20. The first kappa shape index (κ1) is 20.9. The van der Waals surface area contributed by atoms with Gasteiger partial charge in [-0.3, -0.25) is 4.79 Å². The van der Waals surface area contributed by atoms with Crippen molar-refractivity contribution >= 4 is 16.8 Å². The summed E-state index contributed by atoms with van der Waals surface area (Å²) in [6.07, 6.45) is 3.38. The lowest BCUT2D eigenvalue weighted by Crippen LogP contribution is -2.32. The molecule has 29 heavy (non-hydrogen) atoms. The summed E-state index contributed by atoms with van der Waals surface area (Å²) in [5, 5.41) is 4.22. The van der Waals surface area contributed by atoms with Crippen LogP contribution in [0.5, 0.6) is 5.75 Å². The summed E-state index contributed by atoms with van der Waals surface area (Å²) in [5.41, 5.74) is 4.59. The molecule has 2 N–H and O–H groups in total. The van der Waals surface area contributed by atoms with Crippen LogP contribution in [0.3, 0.4) is 0 Å². The number of amides is 1. The van der Waals surface area contributed by atoms with E-state index in [0.717, 1.165) is 35.4 Å². The fourth-order valence-electron chi connectivity index (χ4n) is 3.84. The van der Waals surface area contributed by atoms with Gasteiger partial charge in [0.25, 0.3) is 0 Å². The van der Waals surface area contributed by atoms with Gasteiger partial charge in [-0.05, 0) is 37.7 Å². The highest BCUT2D eigenvalue weighted by molar-refractivity contribution is 5.88. The number of para-hydroxylation sites is 2. The van der Waals surface area contributed by atoms with E-state index in [1.54, 1.807) is 7.11 Å². The number of ether oxygens (including phenoxy) is 1. The highest BCUT2D eigenvalue weighted by Gasteiger charge is 2.24. The van der Waals surface area contributed by atoms with Crippen LogP contribution in [0.1, 0.15) is 36.0 Å². The van der Waals surface area contributed by atoms with Crippen molar-refractivity contribution in [2.24, 2.45) is 0 Å². The molecule has 154 valence electrons. The second-order valence-corrected chi connectivity index (χ2v) is 7.59. The minimum atomic E-state index is -0.0913. The van der Waals surface area contributed by atoms with Gasteiger partial charge < -0.3 is 19.9 Å². The third-order valence-electron chi connectivity index (χ3n) is 5.38. The minimum Gasteiger partial charge on any atom is -0.496 e. The van der Waals surface area contributed by atoms with Gasteiger partial charge in [0.2, 0.25) is 5.91 Å². The summed E-state index contributed by atoms with van der Waals surface area (Å²) in [7, 11) is 5.68. The number of hydrogen-bond acceptors (Lipinski definition) is 3. The van der Waals surface area contributed by atoms with E-state index in [-0.39, 0.29) is 11.8 Å². The van der Waals surface area contributed by atoms with E-state index in [1.165, 1.54) is 10.9 Å². The molecule has 0 unspecified atom stereocenters. The van der Waals surface area contributed by atoms with Crippen molar-refractivity contribution < 1.29 is 9.53 Å². The van der Waals surface area contributed by atoms with Gasteiger partial charge >= 0.3 is 0 Å². The second kappa shape index (κ2) is 9.61. The third kappa shape index (κ3) is 4.80. The van der Waals surface area contributed by atoms with E-state index in [9.17, 15) is 4.79 Å². The molecule has 1 amide bonds. The summed E-state index contributed by atoms with van der Waals surface area (Å²) in [6, 6.07) is 14.3. The maximum atomic E-state index is 12.8. The Balaban J connectivity index is 1.99. The SMILES string of the molecule is CCc1cccc2c([C@H](CC(=O)NCCN(C)C)c3ccccc3OC)c[nH]c12. The Morgan fingerprint density at radius 2 is 1.93 bits per heavy atom. The van der Waals surface area contributed by atoms with Gasteiger partial charge in [-0.15, -0.1) is 0 Å². The van der Waals surface area contributed by atoms with E-state index in [0.29, 0.717) is 13.0 Å². The van der Waals surface area contributed by atoms with Crippen LogP contribution in [0, 0.1) is 0 Å². The number of hydrogen-bond donors (Lipinski definition) is 2. The first-order chi connectivity index (χ1) is 14.0. The fourth-order valence-corrected chi connectivity index (χ4v) is 3.84. The normalized spacial score (nSPS) is 12.3. The molecule has 3 aromatic rings. The molecule has 5 nitrogen and oxygen atoms in total. The molecule has 2 aromatic carbocycles. The number of benzene rings is 2. The quantitative estimate of drug-likeness (QED) is 0.579. The average molecular weight is 394 g/mol. The van der Waals surface area contributed by atoms with Crippen LogP contribution in [0.4, 0.5) is 0 Å². The van der Waals surface area contributed by atoms with Crippen LogP contribution in [0.2, 0.25) is 0 Å². The number of carbonyl (C=O) groups is 1. The number of nitrogens with zero attached hydrogens (tertiary/aromatic N) is 1. The zero-order valence-electron chi connectivity index (χ0n) is 17.8. The Kier molecular flexibility index (Phi) is 6.94. The molecule has 3 rings (SSSR count). The number of aromatic amines is 1. The van der Waals surface area contributed by atoms with Gasteiger partial charge in [0.15, 0.2) is 0 Å². The van der Waals surface area contributed by atoms with Crippen LogP contribution in [0.15, 0.2) is 48.7 Å². The lowest BCUT2D eigenvalue weighted by atomic mass is 9.87. The van der Waals surface area contributed by atoms with Crippen molar-refractivity contribution in [1.82, 2.24) is 15.2 Å². The Morgan fingerprint density at radius 1 is 1.14 bits per heavy atom. The monoisotopic (exact) mass is 393 g/mol. The van der Waals surface area contributed by atoms with Crippen molar-refractivity contribution in [1.29, 1.82) is 0 Å². The number of nitrogens with one attached hydrogen (secondary N) is 2. The molecule has 0 saturated carbocycles. The largest absolute Gasteiger partial charge is 0.496 e. The van der Waals surface area contributed by atoms with Gasteiger partial charge in [-0.25, -0.2) is 0 Å². The van der Waals surface area contributed by atoms with Crippen molar-refractivity contribution in [2.45, 2.75) is 25.7 Å². The van der Waals surface area contributed by atoms with Crippen LogP contribution in [-0.2, 0) is 11.2 Å². The molecule has 1 atom stereocenters. The van der Waals surface area contributed by atoms with E-state index in [1.807, 2.05) is 38.5 Å². The molecule has 0 bridgehead atoms. The molecule has 1 heterocycles. The zero-order chi connectivity index (χ0) is 20.8. The molecule has 5 heteroatoms. The zero-order valence-corrected chi connectivity index (χ0v) is 17.8. The first-order valence-corrected chi connectivity index (χ1v) is 10.2. The van der Waals surface area contributed by atoms with E-state index in [2.05, 4.69) is 46.4 Å². The van der Waals surface area contributed by atoms with Crippen LogP contribution < -0.4 is 10.1 Å². The standard InChI is InChI=1S/C24H31N3O2/c1-5-17-9-8-11-19-21(16-26-24(17)19)20(15-23(28)25-13-14-27(2)3)18-10-6-7-12-22(18)29-4/h6-12,16,20,26H,5,13-15H2,1-4H3,(H,25,28)/t20-/m1/s1. The predicted molar refractivity (Wildman–Crippen MR) is 119 cm³/mol. The summed E-state index contributed by atoms with van der Waals surface area (Å²) in [5.74, 6) is 0.759. The Hall–Kier alpha value is -2.79. The van der Waals surface area contributed by atoms with Crippen molar-refractivity contribution in [3.05, 3.63) is 65.4 Å². The maximum absolute atomic E-state index is 12.8. The number of likely N-dealkylation sites (N-methyl/N-ethyl adjacent to an activating group) is 1. The summed E-state index contributed by atoms with van der Waals surface area (Å²) in [6.45, 7) is 3.61. The molecule has 0 aliphatic heterocycles.